The Bertz CT molecular complexity index is 457. The third-order valence-corrected chi connectivity index (χ3v) is 3.11. The average Bonchev–Trinajstić information content (AvgIpc) is 2.57. The zero-order chi connectivity index (χ0) is 10.8. The summed E-state index contributed by atoms with van der Waals surface area (Å²) in [5, 5.41) is 0. The Kier molecular flexibility index (Phi) is 2.76. The van der Waals surface area contributed by atoms with E-state index in [1.165, 1.54) is 17.8 Å². The minimum Gasteiger partial charge on any atom is -0.331 e. The van der Waals surface area contributed by atoms with Crippen LogP contribution in [0.5, 0.6) is 0 Å². The molecular formula is C13H18N2. The van der Waals surface area contributed by atoms with Crippen LogP contribution in [-0.4, -0.2) is 9.55 Å². The van der Waals surface area contributed by atoms with E-state index < -0.39 is 0 Å². The first kappa shape index (κ1) is 10.2. The number of aryl methyl sites for hydroxylation is 1. The van der Waals surface area contributed by atoms with Crippen molar-refractivity contribution in [2.24, 2.45) is 13.0 Å². The second-order valence-electron chi connectivity index (χ2n) is 4.29. The summed E-state index contributed by atoms with van der Waals surface area (Å²) >= 11 is 0. The number of benzene rings is 1. The molecule has 2 aromatic rings. The monoisotopic (exact) mass is 202 g/mol. The fourth-order valence-corrected chi connectivity index (χ4v) is 1.83. The number of aromatic nitrogens is 2. The highest BCUT2D eigenvalue weighted by Gasteiger charge is 2.09. The van der Waals surface area contributed by atoms with Crippen molar-refractivity contribution < 1.29 is 0 Å². The third-order valence-electron chi connectivity index (χ3n) is 3.11. The van der Waals surface area contributed by atoms with Crippen molar-refractivity contribution in [3.8, 4) is 0 Å². The van der Waals surface area contributed by atoms with E-state index in [9.17, 15) is 0 Å². The molecule has 0 spiro atoms. The number of para-hydroxylation sites is 2. The normalized spacial score (nSPS) is 13.3. The molecule has 0 aliphatic carbocycles. The third kappa shape index (κ3) is 1.89. The summed E-state index contributed by atoms with van der Waals surface area (Å²) in [6.07, 6.45) is 2.28. The van der Waals surface area contributed by atoms with Gasteiger partial charge in [0.2, 0.25) is 0 Å². The van der Waals surface area contributed by atoms with E-state index in [-0.39, 0.29) is 0 Å². The van der Waals surface area contributed by atoms with Crippen molar-refractivity contribution in [2.75, 3.05) is 0 Å². The van der Waals surface area contributed by atoms with Crippen molar-refractivity contribution in [2.45, 2.75) is 26.7 Å². The lowest BCUT2D eigenvalue weighted by molar-refractivity contribution is 0.535. The molecule has 0 aliphatic rings. The van der Waals surface area contributed by atoms with Crippen LogP contribution in [0.4, 0.5) is 0 Å². The van der Waals surface area contributed by atoms with Crippen molar-refractivity contribution >= 4 is 11.0 Å². The molecule has 15 heavy (non-hydrogen) atoms. The minimum atomic E-state index is 0.709. The summed E-state index contributed by atoms with van der Waals surface area (Å²) < 4.78 is 2.21. The number of fused-ring (bicyclic) bond motifs is 1. The predicted molar refractivity (Wildman–Crippen MR) is 63.9 cm³/mol. The van der Waals surface area contributed by atoms with Crippen LogP contribution in [0.25, 0.3) is 11.0 Å². The summed E-state index contributed by atoms with van der Waals surface area (Å²) in [5.41, 5.74) is 2.34. The molecule has 1 aromatic heterocycles. The van der Waals surface area contributed by atoms with Gasteiger partial charge in [-0.05, 0) is 18.1 Å². The Morgan fingerprint density at radius 2 is 2.07 bits per heavy atom. The largest absolute Gasteiger partial charge is 0.331 e. The SMILES string of the molecule is CCC(C)Cc1nc2ccccc2n1C. The molecule has 80 valence electrons. The number of nitrogens with zero attached hydrogens (tertiary/aromatic N) is 2. The van der Waals surface area contributed by atoms with Gasteiger partial charge in [0.25, 0.3) is 0 Å². The van der Waals surface area contributed by atoms with Gasteiger partial charge in [-0.2, -0.15) is 0 Å². The van der Waals surface area contributed by atoms with Crippen LogP contribution in [0.15, 0.2) is 24.3 Å². The number of hydrogen-bond donors (Lipinski definition) is 0. The van der Waals surface area contributed by atoms with Crippen LogP contribution in [0, 0.1) is 5.92 Å². The second kappa shape index (κ2) is 4.05. The van der Waals surface area contributed by atoms with Crippen LogP contribution in [-0.2, 0) is 13.5 Å². The summed E-state index contributed by atoms with van der Waals surface area (Å²) in [6, 6.07) is 8.32. The molecule has 0 amide bonds. The number of hydrogen-bond acceptors (Lipinski definition) is 1. The average molecular weight is 202 g/mol. The van der Waals surface area contributed by atoms with Gasteiger partial charge in [0, 0.05) is 13.5 Å². The molecule has 0 N–H and O–H groups in total. The lowest BCUT2D eigenvalue weighted by atomic mass is 10.1. The van der Waals surface area contributed by atoms with Crippen LogP contribution >= 0.6 is 0 Å². The maximum absolute atomic E-state index is 4.66. The van der Waals surface area contributed by atoms with Gasteiger partial charge < -0.3 is 4.57 Å². The predicted octanol–water partition coefficient (Wildman–Crippen LogP) is 3.16. The highest BCUT2D eigenvalue weighted by atomic mass is 15.1. The van der Waals surface area contributed by atoms with Crippen molar-refractivity contribution in [1.82, 2.24) is 9.55 Å². The van der Waals surface area contributed by atoms with Gasteiger partial charge in [-0.15, -0.1) is 0 Å². The van der Waals surface area contributed by atoms with E-state index in [2.05, 4.69) is 48.6 Å². The van der Waals surface area contributed by atoms with E-state index in [1.54, 1.807) is 0 Å². The topological polar surface area (TPSA) is 17.8 Å². The van der Waals surface area contributed by atoms with Gasteiger partial charge in [-0.25, -0.2) is 4.98 Å². The minimum absolute atomic E-state index is 0.709. The summed E-state index contributed by atoms with van der Waals surface area (Å²) in [4.78, 5) is 4.66. The fraction of sp³-hybridized carbons (Fsp3) is 0.462. The van der Waals surface area contributed by atoms with Gasteiger partial charge in [-0.3, -0.25) is 0 Å². The quantitative estimate of drug-likeness (QED) is 0.747. The Morgan fingerprint density at radius 3 is 2.73 bits per heavy atom. The van der Waals surface area contributed by atoms with Crippen LogP contribution in [0.3, 0.4) is 0 Å². The van der Waals surface area contributed by atoms with E-state index in [0.29, 0.717) is 5.92 Å². The molecule has 1 aromatic carbocycles. The Morgan fingerprint density at radius 1 is 1.33 bits per heavy atom. The Balaban J connectivity index is 2.40. The summed E-state index contributed by atoms with van der Waals surface area (Å²) in [6.45, 7) is 4.51. The molecule has 1 unspecified atom stereocenters. The molecule has 2 heteroatoms. The van der Waals surface area contributed by atoms with Crippen LogP contribution in [0.2, 0.25) is 0 Å². The molecular weight excluding hydrogens is 184 g/mol. The van der Waals surface area contributed by atoms with Crippen LogP contribution in [0.1, 0.15) is 26.1 Å². The maximum Gasteiger partial charge on any atom is 0.109 e. The first-order valence-electron chi connectivity index (χ1n) is 5.62. The van der Waals surface area contributed by atoms with Gasteiger partial charge in [-0.1, -0.05) is 32.4 Å². The van der Waals surface area contributed by atoms with Crippen molar-refractivity contribution in [1.29, 1.82) is 0 Å². The molecule has 0 saturated heterocycles. The zero-order valence-electron chi connectivity index (χ0n) is 9.70. The van der Waals surface area contributed by atoms with E-state index >= 15 is 0 Å². The lowest BCUT2D eigenvalue weighted by Crippen LogP contribution is -2.04. The van der Waals surface area contributed by atoms with Crippen LogP contribution < -0.4 is 0 Å². The molecule has 2 rings (SSSR count). The Hall–Kier alpha value is -1.31. The Labute approximate surface area is 90.9 Å². The molecule has 0 bridgehead atoms. The van der Waals surface area contributed by atoms with Gasteiger partial charge in [0.15, 0.2) is 0 Å². The number of rotatable bonds is 3. The first-order valence-corrected chi connectivity index (χ1v) is 5.62. The standard InChI is InChI=1S/C13H18N2/c1-4-10(2)9-13-14-11-7-5-6-8-12(11)15(13)3/h5-8,10H,4,9H2,1-3H3. The van der Waals surface area contributed by atoms with E-state index in [1.807, 2.05) is 6.07 Å². The molecule has 2 nitrogen and oxygen atoms in total. The molecule has 1 atom stereocenters. The van der Waals surface area contributed by atoms with E-state index in [4.69, 9.17) is 0 Å². The molecule has 1 heterocycles. The van der Waals surface area contributed by atoms with E-state index in [0.717, 1.165) is 11.9 Å². The second-order valence-corrected chi connectivity index (χ2v) is 4.29. The molecule has 0 radical (unpaired) electrons. The maximum atomic E-state index is 4.66. The summed E-state index contributed by atoms with van der Waals surface area (Å²) in [7, 11) is 2.10. The van der Waals surface area contributed by atoms with Gasteiger partial charge >= 0.3 is 0 Å². The summed E-state index contributed by atoms with van der Waals surface area (Å²) in [5.74, 6) is 1.91. The van der Waals surface area contributed by atoms with Crippen molar-refractivity contribution in [3.05, 3.63) is 30.1 Å². The lowest BCUT2D eigenvalue weighted by Gasteiger charge is -2.07. The smallest absolute Gasteiger partial charge is 0.109 e. The van der Waals surface area contributed by atoms with Gasteiger partial charge in [0.1, 0.15) is 5.82 Å². The number of imidazole rings is 1. The zero-order valence-corrected chi connectivity index (χ0v) is 9.70. The highest BCUT2D eigenvalue weighted by molar-refractivity contribution is 5.75. The first-order chi connectivity index (χ1) is 7.22. The molecule has 0 fully saturated rings. The fourth-order valence-electron chi connectivity index (χ4n) is 1.83. The molecule has 0 saturated carbocycles. The van der Waals surface area contributed by atoms with Crippen molar-refractivity contribution in [3.63, 3.8) is 0 Å². The highest BCUT2D eigenvalue weighted by Crippen LogP contribution is 2.17. The molecule has 0 aliphatic heterocycles. The van der Waals surface area contributed by atoms with Gasteiger partial charge in [0.05, 0.1) is 11.0 Å².